The summed E-state index contributed by atoms with van der Waals surface area (Å²) >= 11 is 1.51. The van der Waals surface area contributed by atoms with Gasteiger partial charge in [-0.2, -0.15) is 0 Å². The summed E-state index contributed by atoms with van der Waals surface area (Å²) in [4.78, 5) is 17.4. The molecule has 3 nitrogen and oxygen atoms in total. The number of aromatic nitrogens is 1. The molecule has 2 aliphatic carbocycles. The van der Waals surface area contributed by atoms with Crippen molar-refractivity contribution < 1.29 is 9.18 Å². The summed E-state index contributed by atoms with van der Waals surface area (Å²) in [6.45, 7) is 0.605. The minimum Gasteiger partial charge on any atom is -0.350 e. The molecule has 5 heteroatoms. The van der Waals surface area contributed by atoms with E-state index in [4.69, 9.17) is 0 Å². The number of amides is 1. The standard InChI is InChI=1S/C18H19FN2OS/c19-14-6-4-13(5-7-14)18(8-1-9-18)11-21-16(22)15-10-20-17(23-15)12-2-3-12/h4-7,10,12H,1-3,8-9,11H2,(H,21,22). The van der Waals surface area contributed by atoms with E-state index < -0.39 is 0 Å². The van der Waals surface area contributed by atoms with Gasteiger partial charge < -0.3 is 5.32 Å². The Hall–Kier alpha value is -1.75. The number of hydrogen-bond acceptors (Lipinski definition) is 3. The summed E-state index contributed by atoms with van der Waals surface area (Å²) in [5.41, 5.74) is 1.08. The van der Waals surface area contributed by atoms with Crippen molar-refractivity contribution in [3.63, 3.8) is 0 Å². The number of carbonyl (C=O) groups is 1. The molecule has 23 heavy (non-hydrogen) atoms. The first-order valence-electron chi connectivity index (χ1n) is 8.16. The van der Waals surface area contributed by atoms with Crippen LogP contribution in [-0.2, 0) is 5.41 Å². The molecule has 0 unspecified atom stereocenters. The van der Waals surface area contributed by atoms with Crippen LogP contribution >= 0.6 is 11.3 Å². The average Bonchev–Trinajstić information content (AvgIpc) is 3.25. The molecule has 1 aromatic heterocycles. The fourth-order valence-electron chi connectivity index (χ4n) is 3.22. The van der Waals surface area contributed by atoms with E-state index in [0.717, 1.165) is 29.8 Å². The molecular formula is C18H19FN2OS. The summed E-state index contributed by atoms with van der Waals surface area (Å²) < 4.78 is 13.1. The molecule has 2 saturated carbocycles. The number of carbonyl (C=O) groups excluding carboxylic acids is 1. The minimum absolute atomic E-state index is 0.0344. The highest BCUT2D eigenvalue weighted by atomic mass is 32.1. The molecular weight excluding hydrogens is 311 g/mol. The Balaban J connectivity index is 1.43. The van der Waals surface area contributed by atoms with Crippen LogP contribution in [-0.4, -0.2) is 17.4 Å². The Kier molecular flexibility index (Phi) is 3.68. The second-order valence-electron chi connectivity index (χ2n) is 6.66. The Labute approximate surface area is 138 Å². The second-order valence-corrected chi connectivity index (χ2v) is 7.72. The average molecular weight is 330 g/mol. The van der Waals surface area contributed by atoms with Crippen molar-refractivity contribution in [3.8, 4) is 0 Å². The maximum absolute atomic E-state index is 13.1. The topological polar surface area (TPSA) is 42.0 Å². The van der Waals surface area contributed by atoms with Gasteiger partial charge in [0.25, 0.3) is 5.91 Å². The summed E-state index contributed by atoms with van der Waals surface area (Å²) in [7, 11) is 0. The van der Waals surface area contributed by atoms with Gasteiger partial charge in [-0.05, 0) is 43.4 Å². The van der Waals surface area contributed by atoms with Gasteiger partial charge >= 0.3 is 0 Å². The molecule has 0 atom stereocenters. The van der Waals surface area contributed by atoms with Crippen LogP contribution in [0.1, 0.15) is 58.3 Å². The first kappa shape index (κ1) is 14.8. The number of benzene rings is 1. The van der Waals surface area contributed by atoms with Crippen LogP contribution in [0, 0.1) is 5.82 Å². The summed E-state index contributed by atoms with van der Waals surface area (Å²) in [5.74, 6) is 0.325. The van der Waals surface area contributed by atoms with Crippen molar-refractivity contribution in [1.82, 2.24) is 10.3 Å². The first-order valence-corrected chi connectivity index (χ1v) is 8.98. The normalized spacial score (nSPS) is 19.2. The third kappa shape index (κ3) is 2.90. The molecule has 1 amide bonds. The second kappa shape index (κ2) is 5.71. The van der Waals surface area contributed by atoms with Gasteiger partial charge in [0.15, 0.2) is 0 Å². The Morgan fingerprint density at radius 2 is 2.04 bits per heavy atom. The molecule has 1 N–H and O–H groups in total. The third-order valence-electron chi connectivity index (χ3n) is 5.03. The lowest BCUT2D eigenvalue weighted by molar-refractivity contribution is 0.0931. The molecule has 0 aliphatic heterocycles. The van der Waals surface area contributed by atoms with Crippen LogP contribution in [0.5, 0.6) is 0 Å². The van der Waals surface area contributed by atoms with Gasteiger partial charge in [0.2, 0.25) is 0 Å². The lowest BCUT2D eigenvalue weighted by Gasteiger charge is -2.42. The van der Waals surface area contributed by atoms with Crippen LogP contribution in [0.2, 0.25) is 0 Å². The number of thiazole rings is 1. The quantitative estimate of drug-likeness (QED) is 0.900. The molecule has 0 radical (unpaired) electrons. The zero-order valence-corrected chi connectivity index (χ0v) is 13.7. The van der Waals surface area contributed by atoms with Crippen molar-refractivity contribution in [2.24, 2.45) is 0 Å². The van der Waals surface area contributed by atoms with Gasteiger partial charge in [-0.3, -0.25) is 4.79 Å². The van der Waals surface area contributed by atoms with Crippen molar-refractivity contribution in [3.05, 3.63) is 51.7 Å². The zero-order chi connectivity index (χ0) is 15.9. The van der Waals surface area contributed by atoms with Crippen LogP contribution in [0.4, 0.5) is 4.39 Å². The highest BCUT2D eigenvalue weighted by Crippen LogP contribution is 2.44. The SMILES string of the molecule is O=C(NCC1(c2ccc(F)cc2)CCC1)c1cnc(C2CC2)s1. The lowest BCUT2D eigenvalue weighted by atomic mass is 9.64. The molecule has 0 saturated heterocycles. The van der Waals surface area contributed by atoms with E-state index in [1.165, 1.54) is 36.3 Å². The van der Waals surface area contributed by atoms with Gasteiger partial charge in [-0.15, -0.1) is 11.3 Å². The Morgan fingerprint density at radius 1 is 1.30 bits per heavy atom. The van der Waals surface area contributed by atoms with Crippen LogP contribution < -0.4 is 5.32 Å². The van der Waals surface area contributed by atoms with Crippen LogP contribution in [0.25, 0.3) is 0 Å². The number of nitrogens with one attached hydrogen (secondary N) is 1. The molecule has 2 aliphatic rings. The van der Waals surface area contributed by atoms with Crippen LogP contribution in [0.15, 0.2) is 30.5 Å². The number of rotatable bonds is 5. The van der Waals surface area contributed by atoms with Crippen molar-refractivity contribution in [2.75, 3.05) is 6.54 Å². The van der Waals surface area contributed by atoms with E-state index >= 15 is 0 Å². The molecule has 0 bridgehead atoms. The summed E-state index contributed by atoms with van der Waals surface area (Å²) in [6, 6.07) is 6.70. The fourth-order valence-corrected chi connectivity index (χ4v) is 4.23. The molecule has 120 valence electrons. The monoisotopic (exact) mass is 330 g/mol. The summed E-state index contributed by atoms with van der Waals surface area (Å²) in [6.07, 6.45) is 7.31. The minimum atomic E-state index is -0.218. The maximum atomic E-state index is 13.1. The van der Waals surface area contributed by atoms with Gasteiger partial charge in [-0.1, -0.05) is 18.6 Å². The van der Waals surface area contributed by atoms with Crippen molar-refractivity contribution >= 4 is 17.2 Å². The third-order valence-corrected chi connectivity index (χ3v) is 6.19. The number of halogens is 1. The first-order chi connectivity index (χ1) is 11.2. The zero-order valence-electron chi connectivity index (χ0n) is 12.8. The Morgan fingerprint density at radius 3 is 2.65 bits per heavy atom. The van der Waals surface area contributed by atoms with E-state index in [0.29, 0.717) is 17.3 Å². The molecule has 1 aromatic carbocycles. The highest BCUT2D eigenvalue weighted by molar-refractivity contribution is 7.13. The van der Waals surface area contributed by atoms with Crippen molar-refractivity contribution in [2.45, 2.75) is 43.4 Å². The molecule has 2 aromatic rings. The fraction of sp³-hybridized carbons (Fsp3) is 0.444. The molecule has 0 spiro atoms. The molecule has 2 fully saturated rings. The van der Waals surface area contributed by atoms with Crippen molar-refractivity contribution in [1.29, 1.82) is 0 Å². The molecule has 4 rings (SSSR count). The number of hydrogen-bond donors (Lipinski definition) is 1. The van der Waals surface area contributed by atoms with E-state index in [1.54, 1.807) is 6.20 Å². The van der Waals surface area contributed by atoms with E-state index in [-0.39, 0.29) is 17.1 Å². The van der Waals surface area contributed by atoms with Gasteiger partial charge in [0.1, 0.15) is 10.7 Å². The van der Waals surface area contributed by atoms with Crippen LogP contribution in [0.3, 0.4) is 0 Å². The largest absolute Gasteiger partial charge is 0.350 e. The lowest BCUT2D eigenvalue weighted by Crippen LogP contribution is -2.45. The van der Waals surface area contributed by atoms with E-state index in [2.05, 4.69) is 10.3 Å². The van der Waals surface area contributed by atoms with E-state index in [9.17, 15) is 9.18 Å². The highest BCUT2D eigenvalue weighted by Gasteiger charge is 2.39. The predicted octanol–water partition coefficient (Wildman–Crippen LogP) is 4.01. The van der Waals surface area contributed by atoms with Gasteiger partial charge in [-0.25, -0.2) is 9.37 Å². The van der Waals surface area contributed by atoms with Gasteiger partial charge in [0, 0.05) is 17.9 Å². The Bertz CT molecular complexity index is 717. The summed E-state index contributed by atoms with van der Waals surface area (Å²) in [5, 5.41) is 4.16. The van der Waals surface area contributed by atoms with Gasteiger partial charge in [0.05, 0.1) is 11.2 Å². The molecule has 1 heterocycles. The smallest absolute Gasteiger partial charge is 0.263 e. The van der Waals surface area contributed by atoms with E-state index in [1.807, 2.05) is 12.1 Å². The predicted molar refractivity (Wildman–Crippen MR) is 88.4 cm³/mol. The number of nitrogens with zero attached hydrogens (tertiary/aromatic N) is 1. The maximum Gasteiger partial charge on any atom is 0.263 e.